The van der Waals surface area contributed by atoms with Gasteiger partial charge in [0, 0.05) is 12.0 Å². The van der Waals surface area contributed by atoms with Gasteiger partial charge in [0.05, 0.1) is 5.38 Å². The van der Waals surface area contributed by atoms with E-state index in [1.54, 1.807) is 0 Å². The summed E-state index contributed by atoms with van der Waals surface area (Å²) in [4.78, 5) is 12.8. The number of nitrogens with one attached hydrogen (secondary N) is 1. The van der Waals surface area contributed by atoms with Crippen molar-refractivity contribution >= 4 is 17.5 Å². The monoisotopic (exact) mass is 311 g/mol. The normalized spacial score (nSPS) is 38.8. The summed E-state index contributed by atoms with van der Waals surface area (Å²) in [6, 6.07) is 0. The average Bonchev–Trinajstić information content (AvgIpc) is 2.44. The van der Waals surface area contributed by atoms with Gasteiger partial charge in [-0.25, -0.2) is 0 Å². The topological polar surface area (TPSA) is 29.1 Å². The molecule has 0 saturated heterocycles. The lowest BCUT2D eigenvalue weighted by Gasteiger charge is -2.55. The van der Waals surface area contributed by atoms with E-state index >= 15 is 0 Å². The van der Waals surface area contributed by atoms with Crippen LogP contribution in [0.5, 0.6) is 0 Å². The molecule has 0 aromatic heterocycles. The van der Waals surface area contributed by atoms with Crippen LogP contribution in [0.3, 0.4) is 0 Å². The number of amides is 1. The van der Waals surface area contributed by atoms with Crippen molar-refractivity contribution in [1.29, 1.82) is 0 Å². The third-order valence-corrected chi connectivity index (χ3v) is 7.05. The maximum atomic E-state index is 12.8. The Morgan fingerprint density at radius 1 is 1.10 bits per heavy atom. The molecular weight excluding hydrogens is 282 g/mol. The number of alkyl halides is 1. The number of hydrogen-bond acceptors (Lipinski definition) is 1. The SMILES string of the molecule is CCC(CC)C(Cl)CNC(=O)C12CC3CC(CC(C3)C1)C2. The van der Waals surface area contributed by atoms with Gasteiger partial charge in [0.2, 0.25) is 5.91 Å². The molecule has 2 nitrogen and oxygen atoms in total. The molecule has 0 heterocycles. The van der Waals surface area contributed by atoms with Crippen LogP contribution in [-0.2, 0) is 4.79 Å². The van der Waals surface area contributed by atoms with Gasteiger partial charge in [0.15, 0.2) is 0 Å². The van der Waals surface area contributed by atoms with Crippen molar-refractivity contribution < 1.29 is 4.79 Å². The molecule has 4 saturated carbocycles. The highest BCUT2D eigenvalue weighted by atomic mass is 35.5. The number of halogens is 1. The smallest absolute Gasteiger partial charge is 0.226 e. The molecule has 4 bridgehead atoms. The molecule has 0 aromatic rings. The van der Waals surface area contributed by atoms with Gasteiger partial charge in [-0.3, -0.25) is 4.79 Å². The van der Waals surface area contributed by atoms with Crippen molar-refractivity contribution in [2.24, 2.45) is 29.1 Å². The van der Waals surface area contributed by atoms with Crippen LogP contribution in [0.25, 0.3) is 0 Å². The Morgan fingerprint density at radius 2 is 1.57 bits per heavy atom. The van der Waals surface area contributed by atoms with Crippen LogP contribution in [-0.4, -0.2) is 17.8 Å². The molecule has 1 unspecified atom stereocenters. The number of carbonyl (C=O) groups is 1. The van der Waals surface area contributed by atoms with Crippen LogP contribution < -0.4 is 5.32 Å². The molecule has 120 valence electrons. The van der Waals surface area contributed by atoms with Crippen molar-refractivity contribution in [3.8, 4) is 0 Å². The quantitative estimate of drug-likeness (QED) is 0.725. The van der Waals surface area contributed by atoms with Gasteiger partial charge in [-0.2, -0.15) is 0 Å². The minimum atomic E-state index is -0.0285. The van der Waals surface area contributed by atoms with Crippen LogP contribution in [0.15, 0.2) is 0 Å². The summed E-state index contributed by atoms with van der Waals surface area (Å²) in [7, 11) is 0. The fourth-order valence-corrected chi connectivity index (χ4v) is 6.17. The lowest BCUT2D eigenvalue weighted by atomic mass is 9.49. The summed E-state index contributed by atoms with van der Waals surface area (Å²) in [6.07, 6.45) is 9.78. The number of carbonyl (C=O) groups excluding carboxylic acids is 1. The van der Waals surface area contributed by atoms with Gasteiger partial charge in [0.1, 0.15) is 0 Å². The van der Waals surface area contributed by atoms with E-state index in [1.165, 1.54) is 19.3 Å². The summed E-state index contributed by atoms with van der Waals surface area (Å²) in [5.74, 6) is 3.31. The summed E-state index contributed by atoms with van der Waals surface area (Å²) in [5.41, 5.74) is -0.0285. The standard InChI is InChI=1S/C18H30ClNO/c1-3-15(4-2)16(19)11-20-17(21)18-8-12-5-13(9-18)7-14(6-12)10-18/h12-16H,3-11H2,1-2H3,(H,20,21). The van der Waals surface area contributed by atoms with Gasteiger partial charge < -0.3 is 5.32 Å². The molecule has 4 aliphatic rings. The molecule has 3 heteroatoms. The lowest BCUT2D eigenvalue weighted by Crippen LogP contribution is -2.54. The first-order valence-corrected chi connectivity index (χ1v) is 9.42. The highest BCUT2D eigenvalue weighted by Gasteiger charge is 2.54. The molecule has 0 aliphatic heterocycles. The molecule has 4 fully saturated rings. The van der Waals surface area contributed by atoms with E-state index in [0.29, 0.717) is 18.4 Å². The van der Waals surface area contributed by atoms with Gasteiger partial charge in [0.25, 0.3) is 0 Å². The molecule has 1 atom stereocenters. The second-order valence-corrected chi connectivity index (χ2v) is 8.56. The molecule has 4 rings (SSSR count). The van der Waals surface area contributed by atoms with Crippen LogP contribution in [0.4, 0.5) is 0 Å². The van der Waals surface area contributed by atoms with Crippen molar-refractivity contribution in [2.45, 2.75) is 70.6 Å². The van der Waals surface area contributed by atoms with Crippen LogP contribution in [0.1, 0.15) is 65.2 Å². The Bertz CT molecular complexity index is 355. The number of rotatable bonds is 6. The first kappa shape index (κ1) is 15.6. The van der Waals surface area contributed by atoms with E-state index in [1.807, 2.05) is 0 Å². The van der Waals surface area contributed by atoms with Crippen molar-refractivity contribution in [1.82, 2.24) is 5.32 Å². The van der Waals surface area contributed by atoms with Crippen LogP contribution >= 0.6 is 11.6 Å². The minimum Gasteiger partial charge on any atom is -0.354 e. The van der Waals surface area contributed by atoms with Crippen LogP contribution in [0, 0.1) is 29.1 Å². The zero-order chi connectivity index (χ0) is 15.0. The Labute approximate surface area is 134 Å². The Kier molecular flexibility index (Phi) is 4.55. The third-order valence-electron chi connectivity index (χ3n) is 6.54. The first-order chi connectivity index (χ1) is 10.1. The van der Waals surface area contributed by atoms with E-state index in [4.69, 9.17) is 11.6 Å². The fraction of sp³-hybridized carbons (Fsp3) is 0.944. The molecule has 1 amide bonds. The highest BCUT2D eigenvalue weighted by molar-refractivity contribution is 6.21. The van der Waals surface area contributed by atoms with Gasteiger partial charge >= 0.3 is 0 Å². The summed E-state index contributed by atoms with van der Waals surface area (Å²) in [5, 5.41) is 3.30. The fourth-order valence-electron chi connectivity index (χ4n) is 5.73. The predicted octanol–water partition coefficient (Wildman–Crippen LogP) is 4.36. The molecule has 0 aromatic carbocycles. The summed E-state index contributed by atoms with van der Waals surface area (Å²) >= 11 is 6.48. The second-order valence-electron chi connectivity index (χ2n) is 8.00. The highest BCUT2D eigenvalue weighted by Crippen LogP contribution is 2.60. The molecule has 1 N–H and O–H groups in total. The first-order valence-electron chi connectivity index (χ1n) is 8.98. The zero-order valence-corrected chi connectivity index (χ0v) is 14.3. The van der Waals surface area contributed by atoms with E-state index in [0.717, 1.165) is 49.9 Å². The van der Waals surface area contributed by atoms with E-state index in [9.17, 15) is 4.79 Å². The van der Waals surface area contributed by atoms with Gasteiger partial charge in [-0.15, -0.1) is 11.6 Å². The maximum Gasteiger partial charge on any atom is 0.226 e. The van der Waals surface area contributed by atoms with Crippen molar-refractivity contribution in [3.63, 3.8) is 0 Å². The van der Waals surface area contributed by atoms with Gasteiger partial charge in [-0.05, 0) is 62.2 Å². The number of hydrogen-bond donors (Lipinski definition) is 1. The van der Waals surface area contributed by atoms with E-state index in [2.05, 4.69) is 19.2 Å². The summed E-state index contributed by atoms with van der Waals surface area (Å²) < 4.78 is 0. The average molecular weight is 312 g/mol. The predicted molar refractivity (Wildman–Crippen MR) is 87.3 cm³/mol. The van der Waals surface area contributed by atoms with Gasteiger partial charge in [-0.1, -0.05) is 26.7 Å². The maximum absolute atomic E-state index is 12.8. The second kappa shape index (κ2) is 6.10. The molecule has 21 heavy (non-hydrogen) atoms. The summed E-state index contributed by atoms with van der Waals surface area (Å²) in [6.45, 7) is 5.02. The van der Waals surface area contributed by atoms with E-state index in [-0.39, 0.29) is 10.8 Å². The minimum absolute atomic E-state index is 0.0285. The Morgan fingerprint density at radius 3 is 2.00 bits per heavy atom. The lowest BCUT2D eigenvalue weighted by molar-refractivity contribution is -0.146. The van der Waals surface area contributed by atoms with Crippen LogP contribution in [0.2, 0.25) is 0 Å². The van der Waals surface area contributed by atoms with E-state index < -0.39 is 0 Å². The Hall–Kier alpha value is -0.240. The largest absolute Gasteiger partial charge is 0.354 e. The molecule has 0 spiro atoms. The van der Waals surface area contributed by atoms with Crippen molar-refractivity contribution in [3.05, 3.63) is 0 Å². The molecule has 0 radical (unpaired) electrons. The third kappa shape index (κ3) is 2.98. The Balaban J connectivity index is 1.58. The zero-order valence-electron chi connectivity index (χ0n) is 13.5. The molecule has 4 aliphatic carbocycles. The van der Waals surface area contributed by atoms with Crippen molar-refractivity contribution in [2.75, 3.05) is 6.54 Å². The molecular formula is C18H30ClNO.